The van der Waals surface area contributed by atoms with Crippen LogP contribution in [-0.2, 0) is 28.6 Å². The summed E-state index contributed by atoms with van der Waals surface area (Å²) in [6.07, 6.45) is 5.91. The fraction of sp³-hybridized carbons (Fsp3) is 0.846. The van der Waals surface area contributed by atoms with Gasteiger partial charge in [0.1, 0.15) is 5.60 Å². The number of carbonyl (C=O) groups is 4. The second-order valence-electron chi connectivity index (χ2n) is 10.5. The number of esters is 2. The van der Waals surface area contributed by atoms with Crippen molar-refractivity contribution in [3.8, 4) is 0 Å². The van der Waals surface area contributed by atoms with Crippen LogP contribution in [-0.4, -0.2) is 61.8 Å². The largest absolute Gasteiger partial charge is 0.465 e. The molecule has 2 rings (SSSR count). The smallest absolute Gasteiger partial charge is 0.407 e. The molecule has 1 saturated heterocycles. The first kappa shape index (κ1) is 29.1. The predicted molar refractivity (Wildman–Crippen MR) is 131 cm³/mol. The van der Waals surface area contributed by atoms with Gasteiger partial charge in [-0.1, -0.05) is 32.1 Å². The van der Waals surface area contributed by atoms with Gasteiger partial charge in [-0.2, -0.15) is 0 Å². The molecule has 0 aromatic rings. The Hall–Kier alpha value is -2.16. The monoisotopic (exact) mass is 496 g/mol. The van der Waals surface area contributed by atoms with Gasteiger partial charge in [-0.15, -0.1) is 0 Å². The molecule has 2 atom stereocenters. The third kappa shape index (κ3) is 7.66. The van der Waals surface area contributed by atoms with E-state index >= 15 is 0 Å². The highest BCUT2D eigenvalue weighted by atomic mass is 16.6. The highest BCUT2D eigenvalue weighted by Gasteiger charge is 2.58. The Balaban J connectivity index is 2.26. The second kappa shape index (κ2) is 13.2. The molecule has 0 spiro atoms. The first-order chi connectivity index (χ1) is 16.6. The summed E-state index contributed by atoms with van der Waals surface area (Å²) < 4.78 is 15.8. The van der Waals surface area contributed by atoms with Crippen LogP contribution in [0.25, 0.3) is 0 Å². The Kier molecular flexibility index (Phi) is 11.0. The normalized spacial score (nSPS) is 21.3. The van der Waals surface area contributed by atoms with E-state index < -0.39 is 40.9 Å². The summed E-state index contributed by atoms with van der Waals surface area (Å²) in [4.78, 5) is 52.7. The molecule has 1 aliphatic heterocycles. The number of hydrogen-bond donors (Lipinski definition) is 2. The summed E-state index contributed by atoms with van der Waals surface area (Å²) >= 11 is 0. The molecule has 1 aliphatic carbocycles. The zero-order chi connectivity index (χ0) is 26.1. The molecule has 9 nitrogen and oxygen atoms in total. The Morgan fingerprint density at radius 3 is 2.06 bits per heavy atom. The molecule has 200 valence electrons. The lowest BCUT2D eigenvalue weighted by Gasteiger charge is -2.35. The highest BCUT2D eigenvalue weighted by molar-refractivity contribution is 6.21. The molecule has 0 aromatic heterocycles. The van der Waals surface area contributed by atoms with Crippen molar-refractivity contribution in [2.75, 3.05) is 26.3 Å². The van der Waals surface area contributed by atoms with Crippen molar-refractivity contribution in [1.29, 1.82) is 0 Å². The quantitative estimate of drug-likeness (QED) is 0.193. The minimum atomic E-state index is -2.07. The number of nitrogens with one attached hydrogen (secondary N) is 2. The average molecular weight is 497 g/mol. The molecule has 1 heterocycles. The molecule has 1 amide bonds. The Bertz CT molecular complexity index is 722. The molecular weight excluding hydrogens is 452 g/mol. The maximum Gasteiger partial charge on any atom is 0.407 e. The number of amides is 1. The molecular formula is C26H44N2O7. The van der Waals surface area contributed by atoms with Gasteiger partial charge in [-0.25, -0.2) is 4.79 Å². The van der Waals surface area contributed by atoms with Crippen LogP contribution >= 0.6 is 0 Å². The minimum Gasteiger partial charge on any atom is -0.465 e. The summed E-state index contributed by atoms with van der Waals surface area (Å²) in [7, 11) is 0. The van der Waals surface area contributed by atoms with Crippen LogP contribution in [0.5, 0.6) is 0 Å². The van der Waals surface area contributed by atoms with Crippen molar-refractivity contribution >= 4 is 23.8 Å². The molecule has 2 N–H and O–H groups in total. The van der Waals surface area contributed by atoms with E-state index in [4.69, 9.17) is 14.2 Å². The van der Waals surface area contributed by atoms with E-state index in [1.807, 2.05) is 0 Å². The van der Waals surface area contributed by atoms with Gasteiger partial charge in [0.2, 0.25) is 5.41 Å². The van der Waals surface area contributed by atoms with Gasteiger partial charge in [0, 0.05) is 6.54 Å². The summed E-state index contributed by atoms with van der Waals surface area (Å²) in [5.41, 5.74) is -2.72. The lowest BCUT2D eigenvalue weighted by atomic mass is 9.69. The molecule has 9 heteroatoms. The maximum atomic E-state index is 14.1. The van der Waals surface area contributed by atoms with Gasteiger partial charge >= 0.3 is 18.0 Å². The van der Waals surface area contributed by atoms with Gasteiger partial charge in [0.05, 0.1) is 19.3 Å². The van der Waals surface area contributed by atoms with E-state index in [0.717, 1.165) is 32.1 Å². The summed E-state index contributed by atoms with van der Waals surface area (Å²) in [6.45, 7) is 9.43. The lowest BCUT2D eigenvalue weighted by molar-refractivity contribution is -0.176. The fourth-order valence-corrected chi connectivity index (χ4v) is 5.32. The van der Waals surface area contributed by atoms with Gasteiger partial charge in [-0.05, 0) is 72.3 Å². The average Bonchev–Trinajstić information content (AvgIpc) is 3.28. The van der Waals surface area contributed by atoms with Gasteiger partial charge in [0.15, 0.2) is 5.78 Å². The number of carbonyl (C=O) groups excluding carboxylic acids is 4. The van der Waals surface area contributed by atoms with E-state index in [9.17, 15) is 19.2 Å². The maximum absolute atomic E-state index is 14.1. The van der Waals surface area contributed by atoms with Crippen LogP contribution in [0.1, 0.15) is 86.0 Å². The van der Waals surface area contributed by atoms with Crippen molar-refractivity contribution in [1.82, 2.24) is 10.6 Å². The van der Waals surface area contributed by atoms with Crippen LogP contribution in [0.3, 0.4) is 0 Å². The van der Waals surface area contributed by atoms with Crippen LogP contribution in [0.2, 0.25) is 0 Å². The van der Waals surface area contributed by atoms with E-state index in [0.29, 0.717) is 12.5 Å². The highest BCUT2D eigenvalue weighted by Crippen LogP contribution is 2.40. The van der Waals surface area contributed by atoms with E-state index in [2.05, 4.69) is 10.6 Å². The molecule has 0 radical (unpaired) electrons. The SMILES string of the molecule is CCOC(=O)C(CCCNC(=O)OC(C)(C)C)(C(=O)OCC)C(=O)[C@H]1NCCC1C1CCCCC1. The standard InChI is InChI=1S/C26H44N2O7/c1-6-33-22(30)26(23(31)34-7-2,15-11-16-28-24(32)35-25(3,4)5)21(29)20-19(14-17-27-20)18-12-9-8-10-13-18/h18-20,27H,6-17H2,1-5H3,(H,28,32)/t19?,20-/m0/s1. The topological polar surface area (TPSA) is 120 Å². The zero-order valence-corrected chi connectivity index (χ0v) is 22.1. The van der Waals surface area contributed by atoms with E-state index in [-0.39, 0.29) is 38.5 Å². The van der Waals surface area contributed by atoms with Crippen LogP contribution in [0.15, 0.2) is 0 Å². The molecule has 1 saturated carbocycles. The molecule has 2 aliphatic rings. The van der Waals surface area contributed by atoms with E-state index in [1.54, 1.807) is 34.6 Å². The third-order valence-corrected chi connectivity index (χ3v) is 6.87. The summed E-state index contributed by atoms with van der Waals surface area (Å²) in [6, 6.07) is -0.606. The van der Waals surface area contributed by atoms with Crippen molar-refractivity contribution in [3.63, 3.8) is 0 Å². The number of Topliss-reactive ketones (excluding diaryl/α,β-unsaturated/α-hetero) is 1. The first-order valence-corrected chi connectivity index (χ1v) is 13.2. The molecule has 1 unspecified atom stereocenters. The second-order valence-corrected chi connectivity index (χ2v) is 10.5. The molecule has 2 fully saturated rings. The van der Waals surface area contributed by atoms with Gasteiger partial charge < -0.3 is 24.8 Å². The Morgan fingerprint density at radius 1 is 0.914 bits per heavy atom. The Labute approximate surface area is 209 Å². The number of rotatable bonds is 11. The van der Waals surface area contributed by atoms with E-state index in [1.165, 1.54) is 6.42 Å². The minimum absolute atomic E-state index is 0.0353. The zero-order valence-electron chi connectivity index (χ0n) is 22.1. The van der Waals surface area contributed by atoms with Crippen molar-refractivity contribution in [2.24, 2.45) is 17.3 Å². The third-order valence-electron chi connectivity index (χ3n) is 6.87. The number of hydrogen-bond acceptors (Lipinski definition) is 8. The predicted octanol–water partition coefficient (Wildman–Crippen LogP) is 3.53. The molecule has 35 heavy (non-hydrogen) atoms. The van der Waals surface area contributed by atoms with Gasteiger partial charge in [0.25, 0.3) is 0 Å². The van der Waals surface area contributed by atoms with Gasteiger partial charge in [-0.3, -0.25) is 14.4 Å². The number of ketones is 1. The number of ether oxygens (including phenoxy) is 3. The van der Waals surface area contributed by atoms with Crippen LogP contribution < -0.4 is 10.6 Å². The van der Waals surface area contributed by atoms with Crippen LogP contribution in [0.4, 0.5) is 4.79 Å². The lowest BCUT2D eigenvalue weighted by Crippen LogP contribution is -2.56. The van der Waals surface area contributed by atoms with Crippen molar-refractivity contribution in [2.45, 2.75) is 97.6 Å². The summed E-state index contributed by atoms with van der Waals surface area (Å²) in [5, 5.41) is 5.91. The van der Waals surface area contributed by atoms with Crippen molar-refractivity contribution < 1.29 is 33.4 Å². The first-order valence-electron chi connectivity index (χ1n) is 13.2. The fourth-order valence-electron chi connectivity index (χ4n) is 5.32. The summed E-state index contributed by atoms with van der Waals surface area (Å²) in [5.74, 6) is -1.76. The molecule has 0 bridgehead atoms. The number of alkyl carbamates (subject to hydrolysis) is 1. The van der Waals surface area contributed by atoms with Crippen LogP contribution in [0, 0.1) is 17.3 Å². The van der Waals surface area contributed by atoms with Crippen molar-refractivity contribution in [3.05, 3.63) is 0 Å². The molecule has 0 aromatic carbocycles. The Morgan fingerprint density at radius 2 is 1.51 bits per heavy atom.